The van der Waals surface area contributed by atoms with Gasteiger partial charge in [-0.15, -0.1) is 0 Å². The van der Waals surface area contributed by atoms with Crippen LogP contribution in [0.15, 0.2) is 22.9 Å². The summed E-state index contributed by atoms with van der Waals surface area (Å²) in [6, 6.07) is 3.65. The number of carbonyl (C=O) groups is 1. The molecule has 9 heteroatoms. The molecule has 9 nitrogen and oxygen atoms in total. The van der Waals surface area contributed by atoms with Crippen molar-refractivity contribution >= 4 is 11.7 Å². The summed E-state index contributed by atoms with van der Waals surface area (Å²) in [6.07, 6.45) is 4.90. The van der Waals surface area contributed by atoms with Crippen LogP contribution in [-0.4, -0.2) is 37.6 Å². The zero-order chi connectivity index (χ0) is 20.4. The Morgan fingerprint density at radius 1 is 1.34 bits per heavy atom. The molecule has 0 aromatic carbocycles. The molecule has 2 atom stereocenters. The van der Waals surface area contributed by atoms with Gasteiger partial charge in [-0.25, -0.2) is 0 Å². The summed E-state index contributed by atoms with van der Waals surface area (Å²) in [7, 11) is 0. The first-order valence-electron chi connectivity index (χ1n) is 9.95. The van der Waals surface area contributed by atoms with Crippen LogP contribution in [0, 0.1) is 6.92 Å². The summed E-state index contributed by atoms with van der Waals surface area (Å²) >= 11 is 0. The molecule has 3 N–H and O–H groups in total. The standard InChI is InChI=1S/C20H26N6O3/c1-11(2)20-17(10-21-25-20)28-14-5-4-13(7-14)16-9-18(24-23-16)22-19(27)8-15-6-12(3)26-29-15/h6,9-11,13-14H,4-5,7-8H2,1-3H3,(H,21,25)(H2,22,23,24,27)/t13-,14+/m0/s1. The van der Waals surface area contributed by atoms with Crippen molar-refractivity contribution in [3.05, 3.63) is 41.2 Å². The van der Waals surface area contributed by atoms with Crippen molar-refractivity contribution in [2.24, 2.45) is 0 Å². The quantitative estimate of drug-likeness (QED) is 0.560. The number of hydrogen-bond acceptors (Lipinski definition) is 6. The van der Waals surface area contributed by atoms with E-state index in [2.05, 4.69) is 44.7 Å². The van der Waals surface area contributed by atoms with Gasteiger partial charge in [0.05, 0.1) is 30.1 Å². The Morgan fingerprint density at radius 3 is 2.97 bits per heavy atom. The number of rotatable bonds is 7. The second-order valence-electron chi connectivity index (χ2n) is 7.92. The second-order valence-corrected chi connectivity index (χ2v) is 7.92. The number of hydrogen-bond donors (Lipinski definition) is 3. The number of ether oxygens (including phenoxy) is 1. The third-order valence-electron chi connectivity index (χ3n) is 5.20. The minimum atomic E-state index is -0.187. The molecule has 1 amide bonds. The average Bonchev–Trinajstić information content (AvgIpc) is 3.43. The van der Waals surface area contributed by atoms with Gasteiger partial charge in [-0.3, -0.25) is 15.0 Å². The van der Waals surface area contributed by atoms with E-state index in [0.717, 1.165) is 42.1 Å². The van der Waals surface area contributed by atoms with E-state index in [0.29, 0.717) is 23.4 Å². The maximum absolute atomic E-state index is 12.2. The molecule has 0 bridgehead atoms. The molecule has 4 rings (SSSR count). The van der Waals surface area contributed by atoms with E-state index >= 15 is 0 Å². The van der Waals surface area contributed by atoms with Gasteiger partial charge in [0.15, 0.2) is 11.6 Å². The molecule has 1 fully saturated rings. The number of anilines is 1. The van der Waals surface area contributed by atoms with Crippen LogP contribution in [0.2, 0.25) is 0 Å². The lowest BCUT2D eigenvalue weighted by Crippen LogP contribution is -2.14. The summed E-state index contributed by atoms with van der Waals surface area (Å²) in [4.78, 5) is 12.2. The largest absolute Gasteiger partial charge is 0.487 e. The van der Waals surface area contributed by atoms with E-state index in [1.807, 2.05) is 13.0 Å². The topological polar surface area (TPSA) is 122 Å². The molecular weight excluding hydrogens is 372 g/mol. The van der Waals surface area contributed by atoms with Crippen LogP contribution in [0.25, 0.3) is 0 Å². The Hall–Kier alpha value is -3.10. The molecule has 0 aliphatic heterocycles. The molecule has 3 aromatic heterocycles. The van der Waals surface area contributed by atoms with Crippen molar-refractivity contribution in [3.8, 4) is 5.75 Å². The molecule has 3 heterocycles. The van der Waals surface area contributed by atoms with Crippen LogP contribution in [-0.2, 0) is 11.2 Å². The molecule has 0 radical (unpaired) electrons. The molecule has 154 valence electrons. The van der Waals surface area contributed by atoms with E-state index < -0.39 is 0 Å². The minimum absolute atomic E-state index is 0.130. The SMILES string of the molecule is Cc1cc(CC(=O)Nc2cc([C@H]3CC[C@@H](Oc4cn[nH]c4C(C)C)C3)[nH]n2)on1. The van der Waals surface area contributed by atoms with Crippen LogP contribution in [0.5, 0.6) is 5.75 Å². The highest BCUT2D eigenvalue weighted by Gasteiger charge is 2.29. The van der Waals surface area contributed by atoms with Gasteiger partial charge in [-0.2, -0.15) is 10.2 Å². The van der Waals surface area contributed by atoms with E-state index in [1.54, 1.807) is 12.3 Å². The summed E-state index contributed by atoms with van der Waals surface area (Å²) in [5, 5.41) is 21.0. The summed E-state index contributed by atoms with van der Waals surface area (Å²) in [6.45, 7) is 6.04. The molecule has 1 saturated carbocycles. The molecular formula is C20H26N6O3. The van der Waals surface area contributed by atoms with Crippen LogP contribution >= 0.6 is 0 Å². The van der Waals surface area contributed by atoms with E-state index in [4.69, 9.17) is 9.26 Å². The van der Waals surface area contributed by atoms with Crippen molar-refractivity contribution in [2.45, 2.75) is 64.4 Å². The van der Waals surface area contributed by atoms with Crippen molar-refractivity contribution in [2.75, 3.05) is 5.32 Å². The molecule has 1 aliphatic carbocycles. The van der Waals surface area contributed by atoms with Crippen molar-refractivity contribution in [1.82, 2.24) is 25.6 Å². The van der Waals surface area contributed by atoms with E-state index in [-0.39, 0.29) is 18.4 Å². The van der Waals surface area contributed by atoms with Gasteiger partial charge in [-0.05, 0) is 32.1 Å². The van der Waals surface area contributed by atoms with Crippen LogP contribution in [0.3, 0.4) is 0 Å². The van der Waals surface area contributed by atoms with Gasteiger partial charge >= 0.3 is 0 Å². The van der Waals surface area contributed by atoms with Gasteiger partial charge in [0.1, 0.15) is 5.76 Å². The lowest BCUT2D eigenvalue weighted by Gasteiger charge is -2.14. The van der Waals surface area contributed by atoms with Crippen molar-refractivity contribution in [3.63, 3.8) is 0 Å². The van der Waals surface area contributed by atoms with Crippen LogP contribution in [0.4, 0.5) is 5.82 Å². The Kier molecular flexibility index (Phi) is 5.37. The highest BCUT2D eigenvalue weighted by Crippen LogP contribution is 2.37. The predicted molar refractivity (Wildman–Crippen MR) is 106 cm³/mol. The summed E-state index contributed by atoms with van der Waals surface area (Å²) in [5.41, 5.74) is 2.80. The first kappa shape index (κ1) is 19.2. The number of amides is 1. The molecule has 0 saturated heterocycles. The minimum Gasteiger partial charge on any atom is -0.487 e. The Labute approximate surface area is 168 Å². The van der Waals surface area contributed by atoms with Gasteiger partial charge in [0.25, 0.3) is 0 Å². The smallest absolute Gasteiger partial charge is 0.233 e. The summed E-state index contributed by atoms with van der Waals surface area (Å²) < 4.78 is 11.3. The molecule has 3 aromatic rings. The number of nitrogens with one attached hydrogen (secondary N) is 3. The van der Waals surface area contributed by atoms with E-state index in [1.165, 1.54) is 0 Å². The lowest BCUT2D eigenvalue weighted by atomic mass is 10.0. The average molecular weight is 398 g/mol. The molecule has 29 heavy (non-hydrogen) atoms. The third-order valence-corrected chi connectivity index (χ3v) is 5.20. The second kappa shape index (κ2) is 8.10. The van der Waals surface area contributed by atoms with Gasteiger partial charge in [0.2, 0.25) is 5.91 Å². The van der Waals surface area contributed by atoms with Crippen molar-refractivity contribution in [1.29, 1.82) is 0 Å². The number of aryl methyl sites for hydroxylation is 1. The summed E-state index contributed by atoms with van der Waals surface area (Å²) in [5.74, 6) is 2.36. The maximum Gasteiger partial charge on any atom is 0.233 e. The molecule has 0 spiro atoms. The first-order valence-corrected chi connectivity index (χ1v) is 9.95. The van der Waals surface area contributed by atoms with Gasteiger partial charge in [-0.1, -0.05) is 19.0 Å². The zero-order valence-electron chi connectivity index (χ0n) is 16.9. The fraction of sp³-hybridized carbons (Fsp3) is 0.500. The van der Waals surface area contributed by atoms with Gasteiger partial charge in [0, 0.05) is 23.7 Å². The molecule has 0 unspecified atom stereocenters. The normalized spacial score (nSPS) is 19.0. The number of carbonyl (C=O) groups excluding carboxylic acids is 1. The monoisotopic (exact) mass is 398 g/mol. The zero-order valence-corrected chi connectivity index (χ0v) is 16.9. The fourth-order valence-corrected chi connectivity index (χ4v) is 3.76. The molecule has 1 aliphatic rings. The third kappa shape index (κ3) is 4.49. The Bertz CT molecular complexity index is 972. The predicted octanol–water partition coefficient (Wildman–Crippen LogP) is 3.45. The van der Waals surface area contributed by atoms with Crippen LogP contribution in [0.1, 0.15) is 67.8 Å². The highest BCUT2D eigenvalue weighted by atomic mass is 16.5. The Balaban J connectivity index is 1.31. The fourth-order valence-electron chi connectivity index (χ4n) is 3.76. The number of H-pyrrole nitrogens is 2. The number of aromatic amines is 2. The van der Waals surface area contributed by atoms with Crippen LogP contribution < -0.4 is 10.1 Å². The number of aromatic nitrogens is 5. The lowest BCUT2D eigenvalue weighted by molar-refractivity contribution is -0.115. The Morgan fingerprint density at radius 2 is 2.21 bits per heavy atom. The maximum atomic E-state index is 12.2. The highest BCUT2D eigenvalue weighted by molar-refractivity contribution is 5.91. The van der Waals surface area contributed by atoms with E-state index in [9.17, 15) is 4.79 Å². The van der Waals surface area contributed by atoms with Gasteiger partial charge < -0.3 is 14.6 Å². The number of nitrogens with zero attached hydrogens (tertiary/aromatic N) is 3. The van der Waals surface area contributed by atoms with Crippen molar-refractivity contribution < 1.29 is 14.1 Å². The first-order chi connectivity index (χ1) is 14.0.